The van der Waals surface area contributed by atoms with E-state index in [4.69, 9.17) is 24.8 Å². The molecule has 54 heavy (non-hydrogen) atoms. The fourth-order valence-electron chi connectivity index (χ4n) is 5.13. The number of phosphoric acid groups is 1. The average Bonchev–Trinajstić information content (AvgIpc) is 3.14. The fourth-order valence-corrected chi connectivity index (χ4v) is 5.91. The zero-order valence-electron chi connectivity index (χ0n) is 33.3. The van der Waals surface area contributed by atoms with Gasteiger partial charge in [-0.15, -0.1) is 0 Å². The lowest BCUT2D eigenvalue weighted by Gasteiger charge is -2.20. The van der Waals surface area contributed by atoms with Crippen LogP contribution in [0.4, 0.5) is 0 Å². The first-order valence-corrected chi connectivity index (χ1v) is 21.9. The van der Waals surface area contributed by atoms with Gasteiger partial charge < -0.3 is 25.2 Å². The lowest BCUT2D eigenvalue weighted by molar-refractivity contribution is -0.161. The topological polar surface area (TPSA) is 172 Å². The van der Waals surface area contributed by atoms with Crippen molar-refractivity contribution in [1.29, 1.82) is 0 Å². The third kappa shape index (κ3) is 36.2. The number of hydrogen-bond donors (Lipinski definition) is 3. The lowest BCUT2D eigenvalue weighted by Crippen LogP contribution is -2.34. The Balaban J connectivity index is 4.48. The largest absolute Gasteiger partial charge is 0.480 e. The van der Waals surface area contributed by atoms with Gasteiger partial charge in [-0.2, -0.15) is 0 Å². The van der Waals surface area contributed by atoms with Gasteiger partial charge in [0.1, 0.15) is 12.6 Å². The van der Waals surface area contributed by atoms with Gasteiger partial charge in [0.15, 0.2) is 6.10 Å². The molecule has 310 valence electrons. The van der Waals surface area contributed by atoms with Crippen LogP contribution in [0.25, 0.3) is 0 Å². The van der Waals surface area contributed by atoms with Crippen LogP contribution in [-0.2, 0) is 37.5 Å². The van der Waals surface area contributed by atoms with Crippen LogP contribution in [0.3, 0.4) is 0 Å². The van der Waals surface area contributed by atoms with Crippen LogP contribution < -0.4 is 5.73 Å². The number of unbranched alkanes of at least 4 members (excludes halogenated alkanes) is 16. The van der Waals surface area contributed by atoms with Gasteiger partial charge in [0.2, 0.25) is 0 Å². The maximum Gasteiger partial charge on any atom is 0.472 e. The molecule has 0 saturated carbocycles. The zero-order chi connectivity index (χ0) is 40.0. The molecule has 0 aromatic rings. The van der Waals surface area contributed by atoms with E-state index < -0.39 is 51.1 Å². The van der Waals surface area contributed by atoms with E-state index in [1.54, 1.807) is 0 Å². The van der Waals surface area contributed by atoms with Crippen molar-refractivity contribution in [2.24, 2.45) is 5.73 Å². The molecule has 3 atom stereocenters. The number of carboxylic acids is 1. The summed E-state index contributed by atoms with van der Waals surface area (Å²) < 4.78 is 32.6. The van der Waals surface area contributed by atoms with Gasteiger partial charge >= 0.3 is 25.7 Å². The molecule has 0 rings (SSSR count). The van der Waals surface area contributed by atoms with Crippen molar-refractivity contribution in [3.63, 3.8) is 0 Å². The molecular weight excluding hydrogens is 709 g/mol. The number of hydrogen-bond acceptors (Lipinski definition) is 9. The zero-order valence-corrected chi connectivity index (χ0v) is 34.2. The van der Waals surface area contributed by atoms with Gasteiger partial charge in [0.25, 0.3) is 0 Å². The molecule has 0 radical (unpaired) electrons. The fraction of sp³-hybridized carbons (Fsp3) is 0.690. The van der Waals surface area contributed by atoms with Crippen molar-refractivity contribution >= 4 is 25.7 Å². The minimum absolute atomic E-state index is 0.128. The van der Waals surface area contributed by atoms with Gasteiger partial charge in [-0.1, -0.05) is 145 Å². The summed E-state index contributed by atoms with van der Waals surface area (Å²) in [5, 5.41) is 8.87. The summed E-state index contributed by atoms with van der Waals surface area (Å²) in [6, 6.07) is -1.53. The molecule has 0 fully saturated rings. The van der Waals surface area contributed by atoms with Crippen LogP contribution in [0.2, 0.25) is 0 Å². The number of allylic oxidation sites excluding steroid dienone is 10. The molecule has 0 bridgehead atoms. The predicted molar refractivity (Wildman–Crippen MR) is 217 cm³/mol. The van der Waals surface area contributed by atoms with E-state index in [1.165, 1.54) is 57.8 Å². The highest BCUT2D eigenvalue weighted by molar-refractivity contribution is 7.47. The molecule has 1 unspecified atom stereocenters. The Kier molecular flexibility index (Phi) is 35.2. The number of carboxylic acid groups (broad SMARTS) is 1. The SMILES string of the molecule is CC/C=C/C=C/C=C/C=C/CCCCCCCC(=O)O[C@H](COC(=O)CCCC/C=C/CCCCCCCCCCC)COP(=O)(O)OC[C@H](N)C(=O)O. The standard InChI is InChI=1S/C42H72NO10P/c1-3-5-7-9-11-13-15-17-19-21-23-25-27-29-31-33-40(44)50-35-38(36-51-54(48,49)52-37-39(43)42(46)47)53-41(45)34-32-30-28-26-24-22-20-18-16-14-12-10-8-6-4-2/h6,8,10,12,14,16,18,20,23,25,38-39H,3-5,7,9,11,13,15,17,19,21-22,24,26-37,43H2,1-2H3,(H,46,47)(H,48,49)/b8-6+,12-10+,16-14+,20-18+,25-23+/t38-,39+/m1/s1. The molecule has 0 aliphatic carbocycles. The third-order valence-electron chi connectivity index (χ3n) is 8.34. The molecular formula is C42H72NO10P. The van der Waals surface area contributed by atoms with Crippen molar-refractivity contribution in [2.75, 3.05) is 19.8 Å². The van der Waals surface area contributed by atoms with E-state index in [2.05, 4.69) is 42.7 Å². The minimum atomic E-state index is -4.73. The first-order valence-electron chi connectivity index (χ1n) is 20.4. The van der Waals surface area contributed by atoms with E-state index in [9.17, 15) is 23.8 Å². The molecule has 0 saturated heterocycles. The molecule has 4 N–H and O–H groups in total. The van der Waals surface area contributed by atoms with Gasteiger partial charge in [0, 0.05) is 12.8 Å². The summed E-state index contributed by atoms with van der Waals surface area (Å²) in [5.41, 5.74) is 5.32. The highest BCUT2D eigenvalue weighted by Gasteiger charge is 2.28. The summed E-state index contributed by atoms with van der Waals surface area (Å²) in [4.78, 5) is 45.8. The van der Waals surface area contributed by atoms with E-state index >= 15 is 0 Å². The Morgan fingerprint density at radius 1 is 0.593 bits per heavy atom. The third-order valence-corrected chi connectivity index (χ3v) is 9.29. The molecule has 0 aromatic heterocycles. The van der Waals surface area contributed by atoms with E-state index in [0.29, 0.717) is 12.8 Å². The average molecular weight is 782 g/mol. The smallest absolute Gasteiger partial charge is 0.472 e. The Hall–Kier alpha value is -2.82. The quantitative estimate of drug-likeness (QED) is 0.0180. The molecule has 0 amide bonds. The Labute approximate surface area is 326 Å². The van der Waals surface area contributed by atoms with Crippen LogP contribution >= 0.6 is 7.82 Å². The number of carbonyl (C=O) groups is 3. The second-order valence-corrected chi connectivity index (χ2v) is 14.9. The number of esters is 2. The van der Waals surface area contributed by atoms with Crippen molar-refractivity contribution in [3.8, 4) is 0 Å². The molecule has 0 spiro atoms. The number of ether oxygens (including phenoxy) is 2. The summed E-state index contributed by atoms with van der Waals surface area (Å²) in [6.45, 7) is 2.60. The first-order chi connectivity index (χ1) is 26.1. The van der Waals surface area contributed by atoms with Crippen LogP contribution in [-0.4, -0.2) is 59.9 Å². The molecule has 0 aliphatic heterocycles. The van der Waals surface area contributed by atoms with Gasteiger partial charge in [-0.25, -0.2) is 4.57 Å². The summed E-state index contributed by atoms with van der Waals surface area (Å²) >= 11 is 0. The van der Waals surface area contributed by atoms with Crippen molar-refractivity contribution in [1.82, 2.24) is 0 Å². The number of nitrogens with two attached hydrogens (primary N) is 1. The van der Waals surface area contributed by atoms with Crippen LogP contribution in [0.5, 0.6) is 0 Å². The summed E-state index contributed by atoms with van der Waals surface area (Å²) in [6.07, 6.45) is 41.5. The van der Waals surface area contributed by atoms with Crippen molar-refractivity contribution < 1.29 is 47.5 Å². The van der Waals surface area contributed by atoms with Crippen molar-refractivity contribution in [2.45, 2.75) is 167 Å². The van der Waals surface area contributed by atoms with Gasteiger partial charge in [-0.3, -0.25) is 23.4 Å². The predicted octanol–water partition coefficient (Wildman–Crippen LogP) is 10.4. The molecule has 0 aliphatic rings. The van der Waals surface area contributed by atoms with Crippen molar-refractivity contribution in [3.05, 3.63) is 60.8 Å². The first kappa shape index (κ1) is 51.2. The van der Waals surface area contributed by atoms with E-state index in [0.717, 1.165) is 57.8 Å². The second-order valence-electron chi connectivity index (χ2n) is 13.5. The molecule has 0 heterocycles. The Morgan fingerprint density at radius 2 is 1.06 bits per heavy atom. The summed E-state index contributed by atoms with van der Waals surface area (Å²) in [7, 11) is -4.73. The summed E-state index contributed by atoms with van der Waals surface area (Å²) in [5.74, 6) is -2.44. The normalized spacial score (nSPS) is 14.4. The number of aliphatic carboxylic acids is 1. The maximum absolute atomic E-state index is 12.6. The monoisotopic (exact) mass is 781 g/mol. The molecule has 11 nitrogen and oxygen atoms in total. The van der Waals surface area contributed by atoms with Gasteiger partial charge in [0.05, 0.1) is 13.2 Å². The highest BCUT2D eigenvalue weighted by atomic mass is 31.2. The molecule has 0 aromatic carbocycles. The molecule has 12 heteroatoms. The maximum atomic E-state index is 12.6. The number of rotatable bonds is 37. The second kappa shape index (κ2) is 37.1. The van der Waals surface area contributed by atoms with Crippen LogP contribution in [0.15, 0.2) is 60.8 Å². The van der Waals surface area contributed by atoms with E-state index in [1.807, 2.05) is 36.5 Å². The van der Waals surface area contributed by atoms with Crippen LogP contribution in [0, 0.1) is 0 Å². The minimum Gasteiger partial charge on any atom is -0.480 e. The number of carbonyl (C=O) groups excluding carboxylic acids is 2. The Bertz CT molecular complexity index is 1150. The lowest BCUT2D eigenvalue weighted by atomic mass is 10.1. The Morgan fingerprint density at radius 3 is 1.65 bits per heavy atom. The number of phosphoric ester groups is 1. The highest BCUT2D eigenvalue weighted by Crippen LogP contribution is 2.43. The van der Waals surface area contributed by atoms with Gasteiger partial charge in [-0.05, 0) is 57.8 Å². The van der Waals surface area contributed by atoms with Crippen LogP contribution in [0.1, 0.15) is 155 Å². The van der Waals surface area contributed by atoms with E-state index in [-0.39, 0.29) is 19.4 Å².